The molecule has 2 aromatic rings. The number of hydrogen-bond acceptors (Lipinski definition) is 2. The SMILES string of the molecule is Cc1ccc(Br)c2c(=O)n(C)c(=S)[nH]c12. The van der Waals surface area contributed by atoms with Gasteiger partial charge in [0.25, 0.3) is 5.56 Å². The Morgan fingerprint density at radius 3 is 2.80 bits per heavy atom. The Hall–Kier alpha value is -0.940. The second kappa shape index (κ2) is 3.57. The summed E-state index contributed by atoms with van der Waals surface area (Å²) < 4.78 is 2.66. The number of aromatic amines is 1. The van der Waals surface area contributed by atoms with Crippen molar-refractivity contribution in [2.24, 2.45) is 7.05 Å². The molecule has 0 amide bonds. The summed E-state index contributed by atoms with van der Waals surface area (Å²) in [6.07, 6.45) is 0. The molecule has 1 N–H and O–H groups in total. The van der Waals surface area contributed by atoms with Crippen LogP contribution in [-0.2, 0) is 7.05 Å². The highest BCUT2D eigenvalue weighted by Gasteiger charge is 2.08. The number of aryl methyl sites for hydroxylation is 1. The molecule has 5 heteroatoms. The molecule has 0 unspecified atom stereocenters. The van der Waals surface area contributed by atoms with Crippen LogP contribution in [0.25, 0.3) is 10.9 Å². The van der Waals surface area contributed by atoms with Crippen LogP contribution in [0.5, 0.6) is 0 Å². The topological polar surface area (TPSA) is 37.8 Å². The molecule has 0 aliphatic carbocycles. The number of nitrogens with one attached hydrogen (secondary N) is 1. The summed E-state index contributed by atoms with van der Waals surface area (Å²) in [6.45, 7) is 1.94. The van der Waals surface area contributed by atoms with Crippen LogP contribution < -0.4 is 5.56 Å². The lowest BCUT2D eigenvalue weighted by atomic mass is 10.1. The molecule has 78 valence electrons. The van der Waals surface area contributed by atoms with Gasteiger partial charge < -0.3 is 4.98 Å². The third-order valence-corrected chi connectivity index (χ3v) is 3.45. The fourth-order valence-corrected chi connectivity index (χ4v) is 2.19. The van der Waals surface area contributed by atoms with Crippen LogP contribution in [0.1, 0.15) is 5.56 Å². The van der Waals surface area contributed by atoms with E-state index in [2.05, 4.69) is 20.9 Å². The second-order valence-corrected chi connectivity index (χ2v) is 4.65. The van der Waals surface area contributed by atoms with E-state index in [9.17, 15) is 4.79 Å². The van der Waals surface area contributed by atoms with E-state index in [-0.39, 0.29) is 5.56 Å². The summed E-state index contributed by atoms with van der Waals surface area (Å²) in [5.74, 6) is 0. The van der Waals surface area contributed by atoms with E-state index in [1.54, 1.807) is 7.05 Å². The van der Waals surface area contributed by atoms with E-state index in [0.717, 1.165) is 15.6 Å². The first kappa shape index (κ1) is 10.6. The molecule has 3 nitrogen and oxygen atoms in total. The van der Waals surface area contributed by atoms with Crippen LogP contribution in [0, 0.1) is 11.7 Å². The summed E-state index contributed by atoms with van der Waals surface area (Å²) in [5.41, 5.74) is 1.74. The monoisotopic (exact) mass is 284 g/mol. The maximum atomic E-state index is 12.0. The predicted octanol–water partition coefficient (Wildman–Crippen LogP) is 2.67. The molecule has 0 saturated carbocycles. The maximum Gasteiger partial charge on any atom is 0.263 e. The van der Waals surface area contributed by atoms with Crippen molar-refractivity contribution >= 4 is 39.1 Å². The Labute approximate surface area is 99.9 Å². The number of fused-ring (bicyclic) bond motifs is 1. The summed E-state index contributed by atoms with van der Waals surface area (Å²) >= 11 is 8.44. The van der Waals surface area contributed by atoms with Crippen LogP contribution >= 0.6 is 28.1 Å². The molecule has 2 rings (SSSR count). The molecule has 1 heterocycles. The standard InChI is InChI=1S/C10H9BrN2OS/c1-5-3-4-6(11)7-8(5)12-10(15)13(2)9(7)14/h3-4H,1-2H3,(H,12,15). The summed E-state index contributed by atoms with van der Waals surface area (Å²) in [5, 5.41) is 0.645. The molecule has 1 aromatic carbocycles. The Balaban J connectivity index is 3.19. The Kier molecular flexibility index (Phi) is 2.52. The van der Waals surface area contributed by atoms with Gasteiger partial charge in [0.1, 0.15) is 0 Å². The van der Waals surface area contributed by atoms with E-state index in [0.29, 0.717) is 10.2 Å². The first-order valence-corrected chi connectivity index (χ1v) is 5.60. The minimum Gasteiger partial charge on any atom is -0.331 e. The normalized spacial score (nSPS) is 10.9. The summed E-state index contributed by atoms with van der Waals surface area (Å²) in [4.78, 5) is 15.0. The molecular weight excluding hydrogens is 276 g/mol. The van der Waals surface area contributed by atoms with Gasteiger partial charge in [0.2, 0.25) is 0 Å². The third kappa shape index (κ3) is 1.55. The summed E-state index contributed by atoms with van der Waals surface area (Å²) in [7, 11) is 1.66. The molecule has 0 aliphatic heterocycles. The smallest absolute Gasteiger partial charge is 0.263 e. The highest BCUT2D eigenvalue weighted by molar-refractivity contribution is 9.10. The van der Waals surface area contributed by atoms with Crippen LogP contribution in [0.3, 0.4) is 0 Å². The lowest BCUT2D eigenvalue weighted by molar-refractivity contribution is 0.823. The van der Waals surface area contributed by atoms with E-state index >= 15 is 0 Å². The minimum atomic E-state index is -0.0793. The molecule has 0 radical (unpaired) electrons. The molecular formula is C10H9BrN2OS. The van der Waals surface area contributed by atoms with E-state index < -0.39 is 0 Å². The maximum absolute atomic E-state index is 12.0. The van der Waals surface area contributed by atoms with Crippen molar-refractivity contribution in [2.75, 3.05) is 0 Å². The van der Waals surface area contributed by atoms with Gasteiger partial charge in [0.05, 0.1) is 10.9 Å². The molecule has 0 aliphatic rings. The zero-order valence-corrected chi connectivity index (χ0v) is 10.7. The van der Waals surface area contributed by atoms with Crippen molar-refractivity contribution in [3.63, 3.8) is 0 Å². The molecule has 0 fully saturated rings. The average Bonchev–Trinajstić information content (AvgIpc) is 2.20. The fraction of sp³-hybridized carbons (Fsp3) is 0.200. The summed E-state index contributed by atoms with van der Waals surface area (Å²) in [6, 6.07) is 3.81. The van der Waals surface area contributed by atoms with Crippen molar-refractivity contribution in [1.29, 1.82) is 0 Å². The van der Waals surface area contributed by atoms with E-state index in [4.69, 9.17) is 12.2 Å². The third-order valence-electron chi connectivity index (χ3n) is 2.42. The van der Waals surface area contributed by atoms with Gasteiger partial charge in [0, 0.05) is 11.5 Å². The zero-order chi connectivity index (χ0) is 11.2. The lowest BCUT2D eigenvalue weighted by Crippen LogP contribution is -2.19. The van der Waals surface area contributed by atoms with Crippen LogP contribution in [-0.4, -0.2) is 9.55 Å². The van der Waals surface area contributed by atoms with Crippen molar-refractivity contribution in [2.45, 2.75) is 6.92 Å². The average molecular weight is 285 g/mol. The first-order valence-electron chi connectivity index (χ1n) is 4.40. The number of nitrogens with zero attached hydrogens (tertiary/aromatic N) is 1. The second-order valence-electron chi connectivity index (χ2n) is 3.41. The van der Waals surface area contributed by atoms with Crippen LogP contribution in [0.4, 0.5) is 0 Å². The quantitative estimate of drug-likeness (QED) is 0.756. The number of benzene rings is 1. The van der Waals surface area contributed by atoms with Gasteiger partial charge in [0.15, 0.2) is 4.77 Å². The van der Waals surface area contributed by atoms with Gasteiger partial charge in [-0.05, 0) is 46.7 Å². The van der Waals surface area contributed by atoms with Gasteiger partial charge >= 0.3 is 0 Å². The van der Waals surface area contributed by atoms with Crippen molar-refractivity contribution < 1.29 is 0 Å². The largest absolute Gasteiger partial charge is 0.331 e. The first-order chi connectivity index (χ1) is 7.02. The number of hydrogen-bond donors (Lipinski definition) is 1. The number of rotatable bonds is 0. The minimum absolute atomic E-state index is 0.0793. The molecule has 0 atom stereocenters. The molecule has 0 saturated heterocycles. The highest BCUT2D eigenvalue weighted by Crippen LogP contribution is 2.21. The van der Waals surface area contributed by atoms with Gasteiger partial charge in [-0.3, -0.25) is 9.36 Å². The van der Waals surface area contributed by atoms with Crippen molar-refractivity contribution in [3.8, 4) is 0 Å². The van der Waals surface area contributed by atoms with Gasteiger partial charge in [-0.2, -0.15) is 0 Å². The highest BCUT2D eigenvalue weighted by atomic mass is 79.9. The van der Waals surface area contributed by atoms with Gasteiger partial charge in [-0.25, -0.2) is 0 Å². The Morgan fingerprint density at radius 2 is 2.13 bits per heavy atom. The lowest BCUT2D eigenvalue weighted by Gasteiger charge is -2.06. The zero-order valence-electron chi connectivity index (χ0n) is 8.30. The molecule has 0 spiro atoms. The van der Waals surface area contributed by atoms with Gasteiger partial charge in [-0.15, -0.1) is 0 Å². The number of H-pyrrole nitrogens is 1. The Bertz CT molecular complexity index is 657. The predicted molar refractivity (Wildman–Crippen MR) is 66.8 cm³/mol. The molecule has 0 bridgehead atoms. The van der Waals surface area contributed by atoms with Gasteiger partial charge in [-0.1, -0.05) is 6.07 Å². The van der Waals surface area contributed by atoms with Crippen molar-refractivity contribution in [3.05, 3.63) is 37.3 Å². The number of aromatic nitrogens is 2. The van der Waals surface area contributed by atoms with Crippen LogP contribution in [0.15, 0.2) is 21.4 Å². The van der Waals surface area contributed by atoms with Crippen LogP contribution in [0.2, 0.25) is 0 Å². The fourth-order valence-electron chi connectivity index (χ4n) is 1.50. The van der Waals surface area contributed by atoms with Crippen molar-refractivity contribution in [1.82, 2.24) is 9.55 Å². The van der Waals surface area contributed by atoms with E-state index in [1.165, 1.54) is 4.57 Å². The molecule has 15 heavy (non-hydrogen) atoms. The Morgan fingerprint density at radius 1 is 1.47 bits per heavy atom. The van der Waals surface area contributed by atoms with E-state index in [1.807, 2.05) is 19.1 Å². The number of halogens is 1. The molecule has 1 aromatic heterocycles.